The standard InChI is InChI=1S/C30H27ClO4/c1-22-18-28(34-20-24-6-3-2-4-7-24)15-16-29(22)26-9-5-8-25(19-26)21-33-27-13-10-23(11-14-27)12-17-30(32)35-31/h2-11,13-16,18-19H,12,17,20-21H2,1H3. The van der Waals surface area contributed by atoms with Gasteiger partial charge in [0.15, 0.2) is 0 Å². The second-order valence-corrected chi connectivity index (χ2v) is 8.49. The highest BCUT2D eigenvalue weighted by Gasteiger charge is 2.07. The molecule has 4 aromatic carbocycles. The molecule has 0 aliphatic heterocycles. The molecule has 0 amide bonds. The van der Waals surface area contributed by atoms with Crippen LogP contribution in [-0.4, -0.2) is 5.97 Å². The SMILES string of the molecule is Cc1cc(OCc2ccccc2)ccc1-c1cccc(COc2ccc(CCC(=O)OCl)cc2)c1. The molecule has 5 heteroatoms. The van der Waals surface area contributed by atoms with Crippen molar-refractivity contribution in [1.29, 1.82) is 0 Å². The van der Waals surface area contributed by atoms with Crippen LogP contribution in [0.2, 0.25) is 0 Å². The monoisotopic (exact) mass is 486 g/mol. The van der Waals surface area contributed by atoms with E-state index in [0.29, 0.717) is 19.6 Å². The summed E-state index contributed by atoms with van der Waals surface area (Å²) in [4.78, 5) is 11.2. The fourth-order valence-corrected chi connectivity index (χ4v) is 3.90. The highest BCUT2D eigenvalue weighted by molar-refractivity contribution is 6.13. The molecule has 35 heavy (non-hydrogen) atoms. The summed E-state index contributed by atoms with van der Waals surface area (Å²) in [5, 5.41) is 0. The molecule has 0 heterocycles. The Morgan fingerprint density at radius 1 is 0.714 bits per heavy atom. The van der Waals surface area contributed by atoms with Gasteiger partial charge in [0.05, 0.1) is 6.42 Å². The number of carbonyl (C=O) groups is 1. The first kappa shape index (κ1) is 24.4. The first-order chi connectivity index (χ1) is 17.1. The normalized spacial score (nSPS) is 10.6. The fraction of sp³-hybridized carbons (Fsp3) is 0.167. The van der Waals surface area contributed by atoms with Crippen molar-refractivity contribution in [1.82, 2.24) is 0 Å². The molecule has 0 radical (unpaired) electrons. The van der Waals surface area contributed by atoms with Crippen molar-refractivity contribution in [2.24, 2.45) is 0 Å². The van der Waals surface area contributed by atoms with Gasteiger partial charge in [-0.15, -0.1) is 0 Å². The minimum absolute atomic E-state index is 0.246. The summed E-state index contributed by atoms with van der Waals surface area (Å²) in [5.41, 5.74) is 6.71. The third-order valence-corrected chi connectivity index (χ3v) is 5.89. The Kier molecular flexibility index (Phi) is 8.42. The molecular weight excluding hydrogens is 460 g/mol. The van der Waals surface area contributed by atoms with Crippen molar-refractivity contribution in [3.05, 3.63) is 119 Å². The lowest BCUT2D eigenvalue weighted by atomic mass is 9.99. The zero-order valence-electron chi connectivity index (χ0n) is 19.6. The van der Waals surface area contributed by atoms with Crippen LogP contribution in [0, 0.1) is 6.92 Å². The van der Waals surface area contributed by atoms with Crippen LogP contribution in [0.25, 0.3) is 11.1 Å². The molecule has 4 aromatic rings. The lowest BCUT2D eigenvalue weighted by Crippen LogP contribution is -1.99. The molecule has 0 aliphatic carbocycles. The van der Waals surface area contributed by atoms with Gasteiger partial charge in [-0.2, -0.15) is 0 Å². The number of benzene rings is 4. The number of hydrogen-bond donors (Lipinski definition) is 0. The molecule has 4 rings (SSSR count). The van der Waals surface area contributed by atoms with Crippen molar-refractivity contribution in [3.8, 4) is 22.6 Å². The minimum atomic E-state index is -0.434. The zero-order chi connectivity index (χ0) is 24.5. The molecule has 0 unspecified atom stereocenters. The first-order valence-corrected chi connectivity index (χ1v) is 11.8. The van der Waals surface area contributed by atoms with Gasteiger partial charge >= 0.3 is 5.97 Å². The van der Waals surface area contributed by atoms with Gasteiger partial charge in [0.2, 0.25) is 0 Å². The topological polar surface area (TPSA) is 44.8 Å². The van der Waals surface area contributed by atoms with Gasteiger partial charge in [0.1, 0.15) is 36.6 Å². The number of aryl methyl sites for hydroxylation is 2. The van der Waals surface area contributed by atoms with Crippen LogP contribution in [0.15, 0.2) is 97.1 Å². The smallest absolute Gasteiger partial charge is 0.325 e. The van der Waals surface area contributed by atoms with E-state index in [2.05, 4.69) is 53.7 Å². The molecular formula is C30H27ClO4. The molecule has 0 N–H and O–H groups in total. The van der Waals surface area contributed by atoms with Crippen LogP contribution in [0.1, 0.15) is 28.7 Å². The molecule has 0 atom stereocenters. The molecule has 0 aromatic heterocycles. The lowest BCUT2D eigenvalue weighted by Gasteiger charge is -2.12. The predicted octanol–water partition coefficient (Wildman–Crippen LogP) is 7.45. The highest BCUT2D eigenvalue weighted by Crippen LogP contribution is 2.28. The Balaban J connectivity index is 1.35. The second-order valence-electron chi connectivity index (χ2n) is 8.33. The summed E-state index contributed by atoms with van der Waals surface area (Å²) in [6.07, 6.45) is 0.819. The van der Waals surface area contributed by atoms with Crippen LogP contribution in [0.3, 0.4) is 0 Å². The van der Waals surface area contributed by atoms with Gasteiger partial charge in [-0.05, 0) is 77.1 Å². The second kappa shape index (κ2) is 12.1. The van der Waals surface area contributed by atoms with Crippen molar-refractivity contribution in [2.45, 2.75) is 33.0 Å². The van der Waals surface area contributed by atoms with E-state index >= 15 is 0 Å². The van der Waals surface area contributed by atoms with Gasteiger partial charge in [-0.3, -0.25) is 4.79 Å². The highest BCUT2D eigenvalue weighted by atomic mass is 35.5. The largest absolute Gasteiger partial charge is 0.489 e. The van der Waals surface area contributed by atoms with E-state index < -0.39 is 5.97 Å². The van der Waals surface area contributed by atoms with Gasteiger partial charge in [0.25, 0.3) is 0 Å². The van der Waals surface area contributed by atoms with E-state index in [1.807, 2.05) is 54.6 Å². The maximum atomic E-state index is 11.2. The zero-order valence-corrected chi connectivity index (χ0v) is 20.3. The molecule has 0 spiro atoms. The number of rotatable bonds is 10. The van der Waals surface area contributed by atoms with Crippen LogP contribution in [0.4, 0.5) is 0 Å². The number of halogens is 1. The van der Waals surface area contributed by atoms with E-state index in [1.54, 1.807) is 0 Å². The Morgan fingerprint density at radius 2 is 1.40 bits per heavy atom. The maximum absolute atomic E-state index is 11.2. The summed E-state index contributed by atoms with van der Waals surface area (Å²) in [7, 11) is 0. The summed E-state index contributed by atoms with van der Waals surface area (Å²) in [6, 6.07) is 32.4. The third kappa shape index (κ3) is 7.11. The minimum Gasteiger partial charge on any atom is -0.489 e. The van der Waals surface area contributed by atoms with E-state index in [0.717, 1.165) is 39.3 Å². The van der Waals surface area contributed by atoms with Gasteiger partial charge < -0.3 is 13.8 Å². The molecule has 4 nitrogen and oxygen atoms in total. The molecule has 0 saturated heterocycles. The van der Waals surface area contributed by atoms with E-state index in [9.17, 15) is 4.79 Å². The third-order valence-electron chi connectivity index (χ3n) is 5.72. The summed E-state index contributed by atoms with van der Waals surface area (Å²) in [6.45, 7) is 3.11. The first-order valence-electron chi connectivity index (χ1n) is 11.5. The van der Waals surface area contributed by atoms with E-state index in [4.69, 9.17) is 21.3 Å². The molecule has 0 saturated carbocycles. The molecule has 0 bridgehead atoms. The Bertz CT molecular complexity index is 1250. The summed E-state index contributed by atoms with van der Waals surface area (Å²) >= 11 is 5.07. The predicted molar refractivity (Wildman–Crippen MR) is 138 cm³/mol. The van der Waals surface area contributed by atoms with Crippen LogP contribution in [-0.2, 0) is 28.7 Å². The molecule has 0 fully saturated rings. The summed E-state index contributed by atoms with van der Waals surface area (Å²) < 4.78 is 16.1. The Hall–Kier alpha value is -3.76. The summed E-state index contributed by atoms with van der Waals surface area (Å²) in [5.74, 6) is 1.20. The van der Waals surface area contributed by atoms with Gasteiger partial charge in [-0.25, -0.2) is 0 Å². The van der Waals surface area contributed by atoms with Gasteiger partial charge in [-0.1, -0.05) is 66.7 Å². The molecule has 0 aliphatic rings. The van der Waals surface area contributed by atoms with Crippen LogP contribution >= 0.6 is 11.9 Å². The van der Waals surface area contributed by atoms with Crippen molar-refractivity contribution >= 4 is 17.8 Å². The number of ether oxygens (including phenoxy) is 2. The Labute approximate surface area is 211 Å². The van der Waals surface area contributed by atoms with Crippen molar-refractivity contribution in [3.63, 3.8) is 0 Å². The average molecular weight is 487 g/mol. The van der Waals surface area contributed by atoms with E-state index in [-0.39, 0.29) is 6.42 Å². The van der Waals surface area contributed by atoms with Crippen LogP contribution in [0.5, 0.6) is 11.5 Å². The average Bonchev–Trinajstić information content (AvgIpc) is 2.90. The van der Waals surface area contributed by atoms with E-state index in [1.165, 1.54) is 5.56 Å². The number of carbonyl (C=O) groups excluding carboxylic acids is 1. The fourth-order valence-electron chi connectivity index (χ4n) is 3.82. The maximum Gasteiger partial charge on any atom is 0.325 e. The number of hydrogen-bond acceptors (Lipinski definition) is 4. The Morgan fingerprint density at radius 3 is 2.14 bits per heavy atom. The van der Waals surface area contributed by atoms with Gasteiger partial charge in [0, 0.05) is 0 Å². The van der Waals surface area contributed by atoms with Crippen LogP contribution < -0.4 is 9.47 Å². The lowest BCUT2D eigenvalue weighted by molar-refractivity contribution is -0.133. The van der Waals surface area contributed by atoms with Crippen molar-refractivity contribution in [2.75, 3.05) is 0 Å². The quantitative estimate of drug-likeness (QED) is 0.233. The molecule has 178 valence electrons. The van der Waals surface area contributed by atoms with Crippen molar-refractivity contribution < 1.29 is 18.6 Å².